The maximum atomic E-state index is 12.7. The zero-order chi connectivity index (χ0) is 19.5. The Morgan fingerprint density at radius 1 is 1.23 bits per heavy atom. The quantitative estimate of drug-likeness (QED) is 0.774. The summed E-state index contributed by atoms with van der Waals surface area (Å²) in [7, 11) is -3.95. The topological polar surface area (TPSA) is 104 Å². The number of rotatable bonds is 6. The number of hydrogen-bond donors (Lipinski definition) is 2. The summed E-state index contributed by atoms with van der Waals surface area (Å²) in [5.74, 6) is -1.51. The molecule has 26 heavy (non-hydrogen) atoms. The van der Waals surface area contributed by atoms with Gasteiger partial charge in [-0.05, 0) is 42.0 Å². The molecule has 1 aromatic rings. The third-order valence-electron chi connectivity index (χ3n) is 5.00. The van der Waals surface area contributed by atoms with Gasteiger partial charge in [-0.2, -0.15) is 4.72 Å². The molecule has 0 aromatic heterocycles. The molecule has 0 saturated carbocycles. The van der Waals surface area contributed by atoms with Gasteiger partial charge >= 0.3 is 5.97 Å². The SMILES string of the molecule is CC[C@H](C)[C@H](NS(=O)(=O)c1ccc2c(c1)CCN(C(C)=O)CC2)C(=O)O. The Labute approximate surface area is 154 Å². The van der Waals surface area contributed by atoms with Gasteiger partial charge in [-0.15, -0.1) is 0 Å². The van der Waals surface area contributed by atoms with Crippen LogP contribution in [0.4, 0.5) is 0 Å². The fourth-order valence-electron chi connectivity index (χ4n) is 3.06. The van der Waals surface area contributed by atoms with E-state index in [1.807, 2.05) is 6.92 Å². The Morgan fingerprint density at radius 2 is 1.85 bits per heavy atom. The number of carbonyl (C=O) groups excluding carboxylic acids is 1. The third-order valence-corrected chi connectivity index (χ3v) is 6.44. The maximum absolute atomic E-state index is 12.7. The highest BCUT2D eigenvalue weighted by Gasteiger charge is 2.30. The Hall–Kier alpha value is -1.93. The summed E-state index contributed by atoms with van der Waals surface area (Å²) < 4.78 is 27.7. The second-order valence-corrected chi connectivity index (χ2v) is 8.47. The molecule has 2 N–H and O–H groups in total. The summed E-state index contributed by atoms with van der Waals surface area (Å²) >= 11 is 0. The van der Waals surface area contributed by atoms with E-state index >= 15 is 0 Å². The van der Waals surface area contributed by atoms with E-state index in [1.54, 1.807) is 24.0 Å². The molecule has 0 spiro atoms. The van der Waals surface area contributed by atoms with E-state index < -0.39 is 22.0 Å². The third kappa shape index (κ3) is 4.62. The van der Waals surface area contributed by atoms with Crippen LogP contribution in [0.5, 0.6) is 0 Å². The highest BCUT2D eigenvalue weighted by Crippen LogP contribution is 2.21. The van der Waals surface area contributed by atoms with Crippen LogP contribution in [-0.2, 0) is 32.5 Å². The number of fused-ring (bicyclic) bond motifs is 1. The van der Waals surface area contributed by atoms with Gasteiger partial charge in [-0.3, -0.25) is 9.59 Å². The second-order valence-electron chi connectivity index (χ2n) is 6.76. The molecule has 144 valence electrons. The average Bonchev–Trinajstić information content (AvgIpc) is 2.80. The molecule has 7 nitrogen and oxygen atoms in total. The molecule has 1 aromatic carbocycles. The first kappa shape index (κ1) is 20.4. The minimum absolute atomic E-state index is 0.00479. The van der Waals surface area contributed by atoms with Crippen molar-refractivity contribution in [2.75, 3.05) is 13.1 Å². The maximum Gasteiger partial charge on any atom is 0.322 e. The monoisotopic (exact) mass is 382 g/mol. The normalized spacial score (nSPS) is 17.1. The van der Waals surface area contributed by atoms with E-state index in [9.17, 15) is 23.1 Å². The molecule has 2 atom stereocenters. The second kappa shape index (κ2) is 8.18. The van der Waals surface area contributed by atoms with E-state index in [4.69, 9.17) is 0 Å². The average molecular weight is 382 g/mol. The highest BCUT2D eigenvalue weighted by molar-refractivity contribution is 7.89. The molecule has 0 aliphatic carbocycles. The van der Waals surface area contributed by atoms with Crippen molar-refractivity contribution in [2.45, 2.75) is 51.0 Å². The smallest absolute Gasteiger partial charge is 0.322 e. The van der Waals surface area contributed by atoms with E-state index in [1.165, 1.54) is 13.0 Å². The van der Waals surface area contributed by atoms with Crippen molar-refractivity contribution < 1.29 is 23.1 Å². The molecule has 0 bridgehead atoms. The van der Waals surface area contributed by atoms with Gasteiger partial charge in [-0.1, -0.05) is 26.3 Å². The lowest BCUT2D eigenvalue weighted by molar-refractivity contribution is -0.140. The molecule has 1 aliphatic rings. The van der Waals surface area contributed by atoms with Gasteiger partial charge in [0.1, 0.15) is 6.04 Å². The van der Waals surface area contributed by atoms with Gasteiger partial charge < -0.3 is 10.0 Å². The number of benzene rings is 1. The van der Waals surface area contributed by atoms with Crippen molar-refractivity contribution in [1.29, 1.82) is 0 Å². The number of carboxylic acid groups (broad SMARTS) is 1. The van der Waals surface area contributed by atoms with Gasteiger partial charge in [0.15, 0.2) is 0 Å². The number of nitrogens with zero attached hydrogens (tertiary/aromatic N) is 1. The number of amides is 1. The van der Waals surface area contributed by atoms with Crippen LogP contribution in [-0.4, -0.2) is 49.4 Å². The molecule has 2 rings (SSSR count). The lowest BCUT2D eigenvalue weighted by Gasteiger charge is -2.20. The van der Waals surface area contributed by atoms with Gasteiger partial charge in [0.2, 0.25) is 15.9 Å². The van der Waals surface area contributed by atoms with E-state index in [0.29, 0.717) is 32.4 Å². The molecular formula is C18H26N2O5S. The van der Waals surface area contributed by atoms with E-state index in [2.05, 4.69) is 4.72 Å². The first-order valence-corrected chi connectivity index (χ1v) is 10.3. The Kier molecular flexibility index (Phi) is 6.41. The summed E-state index contributed by atoms with van der Waals surface area (Å²) in [6.07, 6.45) is 1.80. The summed E-state index contributed by atoms with van der Waals surface area (Å²) in [6.45, 7) is 6.20. The van der Waals surface area contributed by atoms with Crippen LogP contribution in [0.15, 0.2) is 23.1 Å². The minimum atomic E-state index is -3.95. The number of hydrogen-bond acceptors (Lipinski definition) is 4. The number of sulfonamides is 1. The van der Waals surface area contributed by atoms with Crippen LogP contribution < -0.4 is 4.72 Å². The predicted molar refractivity (Wildman–Crippen MR) is 97.3 cm³/mol. The largest absolute Gasteiger partial charge is 0.480 e. The van der Waals surface area contributed by atoms with Crippen molar-refractivity contribution >= 4 is 21.9 Å². The highest BCUT2D eigenvalue weighted by atomic mass is 32.2. The van der Waals surface area contributed by atoms with Crippen molar-refractivity contribution in [3.63, 3.8) is 0 Å². The predicted octanol–water partition coefficient (Wildman–Crippen LogP) is 1.41. The summed E-state index contributed by atoms with van der Waals surface area (Å²) in [4.78, 5) is 24.8. The van der Waals surface area contributed by atoms with Crippen LogP contribution in [0.1, 0.15) is 38.3 Å². The summed E-state index contributed by atoms with van der Waals surface area (Å²) in [6, 6.07) is 3.68. The van der Waals surface area contributed by atoms with Gasteiger partial charge in [-0.25, -0.2) is 8.42 Å². The molecule has 1 aliphatic heterocycles. The summed E-state index contributed by atoms with van der Waals surface area (Å²) in [5.41, 5.74) is 1.90. The van der Waals surface area contributed by atoms with Crippen LogP contribution in [0.3, 0.4) is 0 Å². The standard InChI is InChI=1S/C18H26N2O5S/c1-4-12(2)17(18(22)23)19-26(24,25)16-6-5-14-7-9-20(13(3)21)10-8-15(14)11-16/h5-6,11-12,17,19H,4,7-10H2,1-3H3,(H,22,23)/t12-,17-/m0/s1. The van der Waals surface area contributed by atoms with Crippen molar-refractivity contribution in [3.05, 3.63) is 29.3 Å². The Bertz CT molecular complexity index is 791. The van der Waals surface area contributed by atoms with Crippen molar-refractivity contribution in [3.8, 4) is 0 Å². The minimum Gasteiger partial charge on any atom is -0.480 e. The zero-order valence-electron chi connectivity index (χ0n) is 15.4. The molecule has 0 unspecified atom stereocenters. The molecular weight excluding hydrogens is 356 g/mol. The van der Waals surface area contributed by atoms with Gasteiger partial charge in [0, 0.05) is 20.0 Å². The lowest BCUT2D eigenvalue weighted by atomic mass is 10.0. The van der Waals surface area contributed by atoms with Crippen LogP contribution in [0, 0.1) is 5.92 Å². The number of carboxylic acids is 1. The van der Waals surface area contributed by atoms with Gasteiger partial charge in [0.05, 0.1) is 4.90 Å². The van der Waals surface area contributed by atoms with Crippen LogP contribution in [0.25, 0.3) is 0 Å². The fraction of sp³-hybridized carbons (Fsp3) is 0.556. The molecule has 0 fully saturated rings. The Balaban J connectivity index is 2.27. The van der Waals surface area contributed by atoms with Crippen molar-refractivity contribution in [2.24, 2.45) is 5.92 Å². The van der Waals surface area contributed by atoms with E-state index in [0.717, 1.165) is 11.1 Å². The van der Waals surface area contributed by atoms with Crippen molar-refractivity contribution in [1.82, 2.24) is 9.62 Å². The fourth-order valence-corrected chi connectivity index (χ4v) is 4.41. The van der Waals surface area contributed by atoms with Crippen LogP contribution in [0.2, 0.25) is 0 Å². The zero-order valence-corrected chi connectivity index (χ0v) is 16.2. The molecule has 0 radical (unpaired) electrons. The number of carbonyl (C=O) groups is 2. The summed E-state index contributed by atoms with van der Waals surface area (Å²) in [5, 5.41) is 9.33. The first-order chi connectivity index (χ1) is 12.2. The lowest BCUT2D eigenvalue weighted by Crippen LogP contribution is -2.44. The van der Waals surface area contributed by atoms with Gasteiger partial charge in [0.25, 0.3) is 0 Å². The molecule has 0 saturated heterocycles. The number of nitrogens with one attached hydrogen (secondary N) is 1. The van der Waals surface area contributed by atoms with E-state index in [-0.39, 0.29) is 16.7 Å². The Morgan fingerprint density at radius 3 is 2.38 bits per heavy atom. The molecule has 1 amide bonds. The molecule has 8 heteroatoms. The number of aliphatic carboxylic acids is 1. The molecule has 1 heterocycles. The first-order valence-electron chi connectivity index (χ1n) is 8.78. The van der Waals surface area contributed by atoms with Crippen LogP contribution >= 0.6 is 0 Å².